The predicted octanol–water partition coefficient (Wildman–Crippen LogP) is 2.76. The number of anilines is 1. The van der Waals surface area contributed by atoms with Crippen LogP contribution in [0.3, 0.4) is 0 Å². The fourth-order valence-corrected chi connectivity index (χ4v) is 3.67. The van der Waals surface area contributed by atoms with Crippen LogP contribution in [0.5, 0.6) is 0 Å². The van der Waals surface area contributed by atoms with Crippen LogP contribution in [-0.2, 0) is 11.3 Å². The summed E-state index contributed by atoms with van der Waals surface area (Å²) in [6.07, 6.45) is 0.669. The molecule has 2 aromatic heterocycles. The third-order valence-corrected chi connectivity index (χ3v) is 5.56. The van der Waals surface area contributed by atoms with Crippen LogP contribution in [0, 0.1) is 0 Å². The summed E-state index contributed by atoms with van der Waals surface area (Å²) in [5, 5.41) is 18.1. The second kappa shape index (κ2) is 10.9. The Morgan fingerprint density at radius 1 is 1.09 bits per heavy atom. The fourth-order valence-electron chi connectivity index (χ4n) is 3.67. The van der Waals surface area contributed by atoms with Gasteiger partial charge in [0.2, 0.25) is 17.6 Å². The lowest BCUT2D eigenvalue weighted by Crippen LogP contribution is -2.30. The van der Waals surface area contributed by atoms with Gasteiger partial charge in [0.1, 0.15) is 5.92 Å². The molecule has 4 aromatic rings. The Morgan fingerprint density at radius 3 is 2.57 bits per heavy atom. The van der Waals surface area contributed by atoms with E-state index in [9.17, 15) is 9.59 Å². The van der Waals surface area contributed by atoms with Crippen LogP contribution in [0.2, 0.25) is 0 Å². The van der Waals surface area contributed by atoms with E-state index in [0.29, 0.717) is 36.5 Å². The third-order valence-electron chi connectivity index (χ3n) is 5.56. The maximum atomic E-state index is 12.6. The van der Waals surface area contributed by atoms with E-state index in [2.05, 4.69) is 35.9 Å². The van der Waals surface area contributed by atoms with Crippen molar-refractivity contribution in [2.24, 2.45) is 0 Å². The standard InChI is InChI=1S/C25H29N7O3/c1-16(25-28-21(31-35-25)18-11-9-17(10-12-18)15-32(2)3)23(33)27-14-6-13-26-22-19-7-4-5-8-20(19)24(34)30-29-22/h4-5,7-12,16H,6,13-15H2,1-3H3,(H,26,29)(H,27,33)(H,30,34). The van der Waals surface area contributed by atoms with E-state index in [-0.39, 0.29) is 17.4 Å². The van der Waals surface area contributed by atoms with Crippen LogP contribution in [0.4, 0.5) is 5.82 Å². The highest BCUT2D eigenvalue weighted by atomic mass is 16.5. The molecule has 35 heavy (non-hydrogen) atoms. The lowest BCUT2D eigenvalue weighted by molar-refractivity contribution is -0.122. The minimum atomic E-state index is -0.568. The predicted molar refractivity (Wildman–Crippen MR) is 134 cm³/mol. The van der Waals surface area contributed by atoms with Gasteiger partial charge < -0.3 is 20.1 Å². The number of aromatic nitrogens is 4. The number of aromatic amines is 1. The van der Waals surface area contributed by atoms with Gasteiger partial charge in [-0.15, -0.1) is 0 Å². The van der Waals surface area contributed by atoms with E-state index in [1.165, 1.54) is 5.56 Å². The van der Waals surface area contributed by atoms with Crippen LogP contribution in [0.1, 0.15) is 30.7 Å². The van der Waals surface area contributed by atoms with Crippen molar-refractivity contribution in [3.05, 3.63) is 70.3 Å². The highest BCUT2D eigenvalue weighted by Gasteiger charge is 2.22. The SMILES string of the molecule is CC(C(=O)NCCCNc1n[nH]c(=O)c2ccccc12)c1nc(-c2ccc(CN(C)C)cc2)no1. The number of hydrogen-bond acceptors (Lipinski definition) is 8. The molecule has 0 saturated carbocycles. The molecule has 0 bridgehead atoms. The van der Waals surface area contributed by atoms with Gasteiger partial charge in [-0.1, -0.05) is 47.6 Å². The Labute approximate surface area is 202 Å². The number of benzene rings is 2. The molecule has 4 rings (SSSR count). The molecule has 0 radical (unpaired) electrons. The van der Waals surface area contributed by atoms with Gasteiger partial charge in [-0.05, 0) is 39.1 Å². The molecule has 1 atom stereocenters. The highest BCUT2D eigenvalue weighted by Crippen LogP contribution is 2.21. The summed E-state index contributed by atoms with van der Waals surface area (Å²) in [7, 11) is 4.04. The number of H-pyrrole nitrogens is 1. The van der Waals surface area contributed by atoms with Crippen molar-refractivity contribution in [1.29, 1.82) is 0 Å². The minimum absolute atomic E-state index is 0.186. The van der Waals surface area contributed by atoms with Crippen molar-refractivity contribution in [2.75, 3.05) is 32.5 Å². The first-order valence-electron chi connectivity index (χ1n) is 11.5. The molecular formula is C25H29N7O3. The third kappa shape index (κ3) is 5.90. The van der Waals surface area contributed by atoms with Crippen molar-refractivity contribution < 1.29 is 9.32 Å². The largest absolute Gasteiger partial charge is 0.368 e. The van der Waals surface area contributed by atoms with Crippen LogP contribution < -0.4 is 16.2 Å². The number of carbonyl (C=O) groups excluding carboxylic acids is 1. The first-order valence-corrected chi connectivity index (χ1v) is 11.5. The summed E-state index contributed by atoms with van der Waals surface area (Å²) in [6.45, 7) is 3.63. The molecule has 0 saturated heterocycles. The van der Waals surface area contributed by atoms with Gasteiger partial charge in [0, 0.05) is 30.6 Å². The zero-order chi connectivity index (χ0) is 24.8. The average Bonchev–Trinajstić information content (AvgIpc) is 3.35. The summed E-state index contributed by atoms with van der Waals surface area (Å²) >= 11 is 0. The quantitative estimate of drug-likeness (QED) is 0.299. The number of nitrogens with zero attached hydrogens (tertiary/aromatic N) is 4. The molecule has 1 unspecified atom stereocenters. The molecule has 182 valence electrons. The molecule has 10 heteroatoms. The minimum Gasteiger partial charge on any atom is -0.368 e. The first kappa shape index (κ1) is 24.1. The van der Waals surface area contributed by atoms with Crippen molar-refractivity contribution in [2.45, 2.75) is 25.8 Å². The Morgan fingerprint density at radius 2 is 1.83 bits per heavy atom. The molecule has 2 aromatic carbocycles. The summed E-state index contributed by atoms with van der Waals surface area (Å²) in [5.74, 6) is 0.585. The molecule has 0 aliphatic carbocycles. The molecule has 0 spiro atoms. The molecule has 0 aliphatic heterocycles. The van der Waals surface area contributed by atoms with Gasteiger partial charge >= 0.3 is 0 Å². The maximum absolute atomic E-state index is 12.6. The van der Waals surface area contributed by atoms with Crippen LogP contribution in [0.15, 0.2) is 57.8 Å². The van der Waals surface area contributed by atoms with E-state index in [1.807, 2.05) is 56.6 Å². The maximum Gasteiger partial charge on any atom is 0.272 e. The molecule has 3 N–H and O–H groups in total. The number of nitrogens with one attached hydrogen (secondary N) is 3. The second-order valence-electron chi connectivity index (χ2n) is 8.63. The van der Waals surface area contributed by atoms with Gasteiger partial charge in [-0.3, -0.25) is 9.59 Å². The summed E-state index contributed by atoms with van der Waals surface area (Å²) in [5.41, 5.74) is 1.80. The number of carbonyl (C=O) groups is 1. The highest BCUT2D eigenvalue weighted by molar-refractivity contribution is 5.90. The smallest absolute Gasteiger partial charge is 0.272 e. The second-order valence-corrected chi connectivity index (χ2v) is 8.63. The van der Waals surface area contributed by atoms with Crippen molar-refractivity contribution >= 4 is 22.5 Å². The Balaban J connectivity index is 1.26. The molecule has 0 fully saturated rings. The first-order chi connectivity index (χ1) is 16.9. The molecule has 2 heterocycles. The molecule has 1 amide bonds. The van der Waals surface area contributed by atoms with Gasteiger partial charge in [0.25, 0.3) is 5.56 Å². The van der Waals surface area contributed by atoms with E-state index >= 15 is 0 Å². The van der Waals surface area contributed by atoms with Crippen molar-refractivity contribution in [3.8, 4) is 11.4 Å². The van der Waals surface area contributed by atoms with Gasteiger partial charge in [0.15, 0.2) is 5.82 Å². The lowest BCUT2D eigenvalue weighted by Gasteiger charge is -2.10. The number of hydrogen-bond donors (Lipinski definition) is 3. The number of rotatable bonds is 10. The normalized spacial score (nSPS) is 12.1. The van der Waals surface area contributed by atoms with Crippen molar-refractivity contribution in [3.63, 3.8) is 0 Å². The van der Waals surface area contributed by atoms with E-state index < -0.39 is 5.92 Å². The van der Waals surface area contributed by atoms with Crippen LogP contribution in [0.25, 0.3) is 22.2 Å². The topological polar surface area (TPSA) is 129 Å². The molecule has 0 aliphatic rings. The lowest BCUT2D eigenvalue weighted by atomic mass is 10.1. The average molecular weight is 476 g/mol. The summed E-state index contributed by atoms with van der Waals surface area (Å²) < 4.78 is 5.35. The summed E-state index contributed by atoms with van der Waals surface area (Å²) in [6, 6.07) is 15.2. The fraction of sp³-hybridized carbons (Fsp3) is 0.320. The van der Waals surface area contributed by atoms with Crippen molar-refractivity contribution in [1.82, 2.24) is 30.6 Å². The molecular weight excluding hydrogens is 446 g/mol. The van der Waals surface area contributed by atoms with Crippen LogP contribution >= 0.6 is 0 Å². The van der Waals surface area contributed by atoms with Gasteiger partial charge in [0.05, 0.1) is 5.39 Å². The van der Waals surface area contributed by atoms with E-state index in [4.69, 9.17) is 4.52 Å². The van der Waals surface area contributed by atoms with Crippen LogP contribution in [-0.4, -0.2) is 58.3 Å². The Kier molecular flexibility index (Phi) is 7.51. The number of fused-ring (bicyclic) bond motifs is 1. The van der Waals surface area contributed by atoms with Gasteiger partial charge in [-0.25, -0.2) is 5.10 Å². The molecule has 10 nitrogen and oxygen atoms in total. The zero-order valence-corrected chi connectivity index (χ0v) is 20.0. The Bertz CT molecular complexity index is 1350. The van der Waals surface area contributed by atoms with E-state index in [1.54, 1.807) is 13.0 Å². The van der Waals surface area contributed by atoms with E-state index in [0.717, 1.165) is 17.5 Å². The zero-order valence-electron chi connectivity index (χ0n) is 20.0. The Hall–Kier alpha value is -4.05. The monoisotopic (exact) mass is 475 g/mol. The van der Waals surface area contributed by atoms with Gasteiger partial charge in [-0.2, -0.15) is 10.1 Å². The summed E-state index contributed by atoms with van der Waals surface area (Å²) in [4.78, 5) is 31.0. The number of amides is 1.